The minimum Gasteiger partial charge on any atom is -0.478 e. The first-order chi connectivity index (χ1) is 9.15. The molecule has 4 nitrogen and oxygen atoms in total. The quantitative estimate of drug-likeness (QED) is 0.881. The van der Waals surface area contributed by atoms with Gasteiger partial charge in [-0.1, -0.05) is 23.7 Å². The number of rotatable bonds is 5. The highest BCUT2D eigenvalue weighted by molar-refractivity contribution is 6.30. The summed E-state index contributed by atoms with van der Waals surface area (Å²) in [5.41, 5.74) is 1.38. The van der Waals surface area contributed by atoms with Crippen molar-refractivity contribution < 1.29 is 9.90 Å². The van der Waals surface area contributed by atoms with Crippen LogP contribution >= 0.6 is 11.6 Å². The maximum atomic E-state index is 10.8. The second-order valence-corrected chi connectivity index (χ2v) is 4.47. The first-order valence-corrected chi connectivity index (χ1v) is 6.20. The maximum Gasteiger partial charge on any atom is 0.335 e. The molecule has 0 radical (unpaired) electrons. The fraction of sp³-hybridized carbons (Fsp3) is 0.143. The average molecular weight is 277 g/mol. The van der Waals surface area contributed by atoms with E-state index in [1.165, 1.54) is 18.3 Å². The van der Waals surface area contributed by atoms with Gasteiger partial charge in [-0.05, 0) is 36.2 Å². The molecule has 1 aromatic carbocycles. The Morgan fingerprint density at radius 2 is 2.00 bits per heavy atom. The molecule has 19 heavy (non-hydrogen) atoms. The normalized spacial score (nSPS) is 10.2. The topological polar surface area (TPSA) is 62.2 Å². The van der Waals surface area contributed by atoms with Crippen molar-refractivity contribution in [3.63, 3.8) is 0 Å². The van der Waals surface area contributed by atoms with E-state index < -0.39 is 5.97 Å². The van der Waals surface area contributed by atoms with Crippen LogP contribution in [0.4, 0.5) is 5.82 Å². The second-order valence-electron chi connectivity index (χ2n) is 4.04. The predicted molar refractivity (Wildman–Crippen MR) is 74.8 cm³/mol. The summed E-state index contributed by atoms with van der Waals surface area (Å²) in [5, 5.41) is 12.7. The summed E-state index contributed by atoms with van der Waals surface area (Å²) >= 11 is 5.81. The lowest BCUT2D eigenvalue weighted by Crippen LogP contribution is -2.07. The number of carboxylic acids is 1. The lowest BCUT2D eigenvalue weighted by Gasteiger charge is -2.06. The third-order valence-corrected chi connectivity index (χ3v) is 2.89. The van der Waals surface area contributed by atoms with Crippen LogP contribution in [0.5, 0.6) is 0 Å². The Bertz CT molecular complexity index is 570. The lowest BCUT2D eigenvalue weighted by molar-refractivity contribution is 0.0697. The first-order valence-electron chi connectivity index (χ1n) is 5.83. The molecule has 0 aliphatic carbocycles. The van der Waals surface area contributed by atoms with E-state index in [0.717, 1.165) is 12.0 Å². The molecule has 0 unspecified atom stereocenters. The molecule has 0 saturated carbocycles. The van der Waals surface area contributed by atoms with E-state index in [9.17, 15) is 4.79 Å². The molecule has 0 spiro atoms. The molecular formula is C14H13ClN2O2. The van der Waals surface area contributed by atoms with Gasteiger partial charge < -0.3 is 10.4 Å². The fourth-order valence-electron chi connectivity index (χ4n) is 1.65. The van der Waals surface area contributed by atoms with E-state index in [1.54, 1.807) is 0 Å². The van der Waals surface area contributed by atoms with Crippen LogP contribution in [0, 0.1) is 0 Å². The Morgan fingerprint density at radius 3 is 2.68 bits per heavy atom. The van der Waals surface area contributed by atoms with Crippen LogP contribution in [0.2, 0.25) is 5.02 Å². The molecular weight excluding hydrogens is 264 g/mol. The van der Waals surface area contributed by atoms with Crippen molar-refractivity contribution in [3.8, 4) is 0 Å². The van der Waals surface area contributed by atoms with Crippen molar-refractivity contribution in [2.75, 3.05) is 11.9 Å². The largest absolute Gasteiger partial charge is 0.478 e. The van der Waals surface area contributed by atoms with E-state index in [0.29, 0.717) is 17.4 Å². The maximum absolute atomic E-state index is 10.8. The summed E-state index contributed by atoms with van der Waals surface area (Å²) in [5.74, 6) is -0.392. The zero-order chi connectivity index (χ0) is 13.7. The van der Waals surface area contributed by atoms with E-state index in [2.05, 4.69) is 10.3 Å². The van der Waals surface area contributed by atoms with Gasteiger partial charge in [-0.3, -0.25) is 0 Å². The summed E-state index contributed by atoms with van der Waals surface area (Å²) < 4.78 is 0. The van der Waals surface area contributed by atoms with Gasteiger partial charge in [-0.15, -0.1) is 0 Å². The highest BCUT2D eigenvalue weighted by atomic mass is 35.5. The van der Waals surface area contributed by atoms with Crippen LogP contribution in [0.1, 0.15) is 15.9 Å². The van der Waals surface area contributed by atoms with E-state index in [-0.39, 0.29) is 5.56 Å². The minimum atomic E-state index is -0.955. The number of anilines is 1. The Kier molecular flexibility index (Phi) is 4.36. The number of benzene rings is 1. The molecule has 2 N–H and O–H groups in total. The average Bonchev–Trinajstić information content (AvgIpc) is 2.41. The van der Waals surface area contributed by atoms with Gasteiger partial charge in [0.05, 0.1) is 5.56 Å². The van der Waals surface area contributed by atoms with Gasteiger partial charge in [0.2, 0.25) is 0 Å². The zero-order valence-corrected chi connectivity index (χ0v) is 10.9. The number of carboxylic acid groups (broad SMARTS) is 1. The number of nitrogens with one attached hydrogen (secondary N) is 1. The summed E-state index contributed by atoms with van der Waals surface area (Å²) in [6, 6.07) is 10.6. The molecule has 1 heterocycles. The number of carbonyl (C=O) groups is 1. The molecule has 2 rings (SSSR count). The lowest BCUT2D eigenvalue weighted by atomic mass is 10.1. The molecule has 98 valence electrons. The third kappa shape index (κ3) is 3.96. The van der Waals surface area contributed by atoms with Crippen molar-refractivity contribution in [3.05, 3.63) is 58.7 Å². The van der Waals surface area contributed by atoms with Crippen LogP contribution < -0.4 is 5.32 Å². The summed E-state index contributed by atoms with van der Waals surface area (Å²) in [6.45, 7) is 0.678. The SMILES string of the molecule is O=C(O)c1ccnc(NCCc2ccc(Cl)cc2)c1. The Labute approximate surface area is 116 Å². The minimum absolute atomic E-state index is 0.226. The third-order valence-electron chi connectivity index (χ3n) is 2.64. The molecule has 0 fully saturated rings. The molecule has 2 aromatic rings. The smallest absolute Gasteiger partial charge is 0.335 e. The number of aromatic nitrogens is 1. The van der Waals surface area contributed by atoms with Crippen molar-refractivity contribution in [1.29, 1.82) is 0 Å². The number of aromatic carboxylic acids is 1. The summed E-state index contributed by atoms with van der Waals surface area (Å²) in [4.78, 5) is 14.9. The van der Waals surface area contributed by atoms with Crippen LogP contribution in [0.3, 0.4) is 0 Å². The fourth-order valence-corrected chi connectivity index (χ4v) is 1.77. The van der Waals surface area contributed by atoms with Crippen LogP contribution in [-0.4, -0.2) is 22.6 Å². The Hall–Kier alpha value is -2.07. The zero-order valence-electron chi connectivity index (χ0n) is 10.1. The molecule has 0 bridgehead atoms. The molecule has 5 heteroatoms. The molecule has 0 aliphatic heterocycles. The van der Waals surface area contributed by atoms with Gasteiger partial charge in [0.25, 0.3) is 0 Å². The Balaban J connectivity index is 1.90. The Morgan fingerprint density at radius 1 is 1.26 bits per heavy atom. The van der Waals surface area contributed by atoms with Crippen LogP contribution in [0.15, 0.2) is 42.6 Å². The number of hydrogen-bond acceptors (Lipinski definition) is 3. The van der Waals surface area contributed by atoms with Crippen LogP contribution in [-0.2, 0) is 6.42 Å². The molecule has 0 atom stereocenters. The van der Waals surface area contributed by atoms with Crippen molar-refractivity contribution in [2.24, 2.45) is 0 Å². The molecule has 0 amide bonds. The van der Waals surface area contributed by atoms with Gasteiger partial charge in [0.15, 0.2) is 0 Å². The van der Waals surface area contributed by atoms with E-state index in [4.69, 9.17) is 16.7 Å². The van der Waals surface area contributed by atoms with Gasteiger partial charge in [0, 0.05) is 17.8 Å². The van der Waals surface area contributed by atoms with Gasteiger partial charge >= 0.3 is 5.97 Å². The highest BCUT2D eigenvalue weighted by Crippen LogP contribution is 2.11. The van der Waals surface area contributed by atoms with Gasteiger partial charge in [0.1, 0.15) is 5.82 Å². The first kappa shape index (κ1) is 13.4. The van der Waals surface area contributed by atoms with Crippen LogP contribution in [0.25, 0.3) is 0 Å². The van der Waals surface area contributed by atoms with E-state index >= 15 is 0 Å². The van der Waals surface area contributed by atoms with Gasteiger partial charge in [-0.2, -0.15) is 0 Å². The second kappa shape index (κ2) is 6.20. The number of hydrogen-bond donors (Lipinski definition) is 2. The van der Waals surface area contributed by atoms with E-state index in [1.807, 2.05) is 24.3 Å². The standard InChI is InChI=1S/C14H13ClN2O2/c15-12-3-1-10(2-4-12)5-7-16-13-9-11(14(18)19)6-8-17-13/h1-4,6,8-9H,5,7H2,(H,16,17)(H,18,19). The number of nitrogens with zero attached hydrogens (tertiary/aromatic N) is 1. The van der Waals surface area contributed by atoms with Crippen molar-refractivity contribution in [2.45, 2.75) is 6.42 Å². The summed E-state index contributed by atoms with van der Waals surface area (Å²) in [7, 11) is 0. The predicted octanol–water partition coefficient (Wildman–Crippen LogP) is 3.09. The number of pyridine rings is 1. The molecule has 1 aromatic heterocycles. The van der Waals surface area contributed by atoms with Crippen molar-refractivity contribution >= 4 is 23.4 Å². The number of halogens is 1. The molecule has 0 aliphatic rings. The highest BCUT2D eigenvalue weighted by Gasteiger charge is 2.03. The van der Waals surface area contributed by atoms with Gasteiger partial charge in [-0.25, -0.2) is 9.78 Å². The summed E-state index contributed by atoms with van der Waals surface area (Å²) in [6.07, 6.45) is 2.30. The molecule has 0 saturated heterocycles. The monoisotopic (exact) mass is 276 g/mol. The van der Waals surface area contributed by atoms with Crippen molar-refractivity contribution in [1.82, 2.24) is 4.98 Å².